The molecule has 2 aromatic carbocycles. The molecule has 0 amide bonds. The number of rotatable bonds is 15. The maximum atomic E-state index is 11.3. The Balaban J connectivity index is 1.32. The van der Waals surface area contributed by atoms with Crippen molar-refractivity contribution in [2.24, 2.45) is 0 Å². The summed E-state index contributed by atoms with van der Waals surface area (Å²) in [6.07, 6.45) is 7.78. The Kier molecular flexibility index (Phi) is 10.5. The molecule has 0 saturated heterocycles. The zero-order valence-corrected chi connectivity index (χ0v) is 24.0. The zero-order valence-electron chi connectivity index (χ0n) is 23.2. The smallest absolute Gasteiger partial charge is 0.173 e. The van der Waals surface area contributed by atoms with Crippen LogP contribution in [0.2, 0.25) is 0 Å². The molecule has 3 aromatic rings. The summed E-state index contributed by atoms with van der Waals surface area (Å²) >= 11 is 0. The molecule has 10 nitrogen and oxygen atoms in total. The van der Waals surface area contributed by atoms with Gasteiger partial charge in [0.2, 0.25) is 0 Å². The zero-order chi connectivity index (χ0) is 28.4. The van der Waals surface area contributed by atoms with Gasteiger partial charge in [-0.25, -0.2) is 23.4 Å². The predicted octanol–water partition coefficient (Wildman–Crippen LogP) is 2.29. The Hall–Kier alpha value is -3.51. The highest BCUT2D eigenvalue weighted by atomic mass is 32.2. The molecule has 0 spiro atoms. The van der Waals surface area contributed by atoms with E-state index >= 15 is 0 Å². The molecule has 4 rings (SSSR count). The first-order chi connectivity index (χ1) is 19.3. The number of nitrogens with one attached hydrogen (secondary N) is 1. The van der Waals surface area contributed by atoms with Crippen molar-refractivity contribution in [2.75, 3.05) is 51.2 Å². The number of benzene rings is 2. The normalized spacial score (nSPS) is 14.8. The number of hydrogen-bond donors (Lipinski definition) is 1. The van der Waals surface area contributed by atoms with Gasteiger partial charge in [-0.05, 0) is 62.3 Å². The van der Waals surface area contributed by atoms with Gasteiger partial charge in [0.15, 0.2) is 6.23 Å². The topological polar surface area (TPSA) is 106 Å². The molecule has 0 saturated carbocycles. The number of nitrogens with zero attached hydrogens (tertiary/aromatic N) is 4. The summed E-state index contributed by atoms with van der Waals surface area (Å²) in [6.45, 7) is 2.33. The molecule has 2 heterocycles. The van der Waals surface area contributed by atoms with Crippen LogP contribution in [0.3, 0.4) is 0 Å². The van der Waals surface area contributed by atoms with Crippen LogP contribution in [0.15, 0.2) is 60.9 Å². The molecule has 40 heavy (non-hydrogen) atoms. The van der Waals surface area contributed by atoms with E-state index in [4.69, 9.17) is 14.3 Å². The third kappa shape index (κ3) is 9.02. The molecule has 1 N–H and O–H groups in total. The minimum atomic E-state index is -2.95. The maximum Gasteiger partial charge on any atom is 0.173 e. The average Bonchev–Trinajstić information content (AvgIpc) is 2.95. The highest BCUT2D eigenvalue weighted by molar-refractivity contribution is 7.90. The lowest BCUT2D eigenvalue weighted by molar-refractivity contribution is -0.180. The van der Waals surface area contributed by atoms with E-state index in [2.05, 4.69) is 15.3 Å². The van der Waals surface area contributed by atoms with Gasteiger partial charge in [-0.15, -0.1) is 0 Å². The molecule has 1 aromatic heterocycles. The van der Waals surface area contributed by atoms with Crippen LogP contribution in [0.5, 0.6) is 5.75 Å². The summed E-state index contributed by atoms with van der Waals surface area (Å²) in [7, 11) is 0.600. The van der Waals surface area contributed by atoms with E-state index < -0.39 is 16.1 Å². The number of fused-ring (bicyclic) bond motifs is 1. The van der Waals surface area contributed by atoms with Crippen molar-refractivity contribution >= 4 is 33.6 Å². The molecule has 0 fully saturated rings. The summed E-state index contributed by atoms with van der Waals surface area (Å²) in [5, 5.41) is 6.57. The second-order valence-electron chi connectivity index (χ2n) is 9.70. The molecule has 11 heteroatoms. The molecule has 0 bridgehead atoms. The number of hydrogen-bond acceptors (Lipinski definition) is 10. The van der Waals surface area contributed by atoms with Crippen molar-refractivity contribution < 1.29 is 22.7 Å². The van der Waals surface area contributed by atoms with Gasteiger partial charge in [0.05, 0.1) is 23.9 Å². The molecule has 1 atom stereocenters. The number of unbranched alkanes of at least 4 members (excludes halogenated alkanes) is 1. The number of methoxy groups -OCH3 is 1. The van der Waals surface area contributed by atoms with Crippen molar-refractivity contribution in [1.82, 2.24) is 19.9 Å². The van der Waals surface area contributed by atoms with Crippen molar-refractivity contribution in [1.29, 1.82) is 0 Å². The second kappa shape index (κ2) is 14.2. The van der Waals surface area contributed by atoms with Crippen molar-refractivity contribution in [3.05, 3.63) is 77.1 Å². The summed E-state index contributed by atoms with van der Waals surface area (Å²) in [6, 6.07) is 17.8. The molecule has 1 aliphatic rings. The van der Waals surface area contributed by atoms with Gasteiger partial charge >= 0.3 is 0 Å². The van der Waals surface area contributed by atoms with Crippen LogP contribution in [0.4, 0.5) is 11.5 Å². The van der Waals surface area contributed by atoms with Crippen molar-refractivity contribution in [2.45, 2.75) is 25.7 Å². The number of ether oxygens (including phenoxy) is 2. The van der Waals surface area contributed by atoms with Crippen LogP contribution in [0, 0.1) is 0 Å². The fourth-order valence-electron chi connectivity index (χ4n) is 4.07. The summed E-state index contributed by atoms with van der Waals surface area (Å²) in [4.78, 5) is 16.9. The Morgan fingerprint density at radius 3 is 2.52 bits per heavy atom. The molecule has 214 valence electrons. The number of aromatic nitrogens is 2. The maximum absolute atomic E-state index is 11.3. The fraction of sp³-hybridized carbons (Fsp3) is 0.379. The van der Waals surface area contributed by atoms with Gasteiger partial charge < -0.3 is 19.7 Å². The third-order valence-electron chi connectivity index (χ3n) is 6.35. The Bertz CT molecular complexity index is 1450. The summed E-state index contributed by atoms with van der Waals surface area (Å²) < 4.78 is 34.2. The minimum absolute atomic E-state index is 0.167. The minimum Gasteiger partial charge on any atom is -0.489 e. The highest BCUT2D eigenvalue weighted by Crippen LogP contribution is 2.19. The van der Waals surface area contributed by atoms with Gasteiger partial charge in [0, 0.05) is 30.8 Å². The molecule has 0 radical (unpaired) electrons. The van der Waals surface area contributed by atoms with E-state index in [0.717, 1.165) is 41.6 Å². The number of anilines is 2. The lowest BCUT2D eigenvalue weighted by Gasteiger charge is -2.28. The number of sulfone groups is 1. The Morgan fingerprint density at radius 1 is 1.02 bits per heavy atom. The van der Waals surface area contributed by atoms with Gasteiger partial charge in [-0.3, -0.25) is 4.84 Å². The van der Waals surface area contributed by atoms with E-state index in [1.54, 1.807) is 12.2 Å². The Morgan fingerprint density at radius 2 is 1.80 bits per heavy atom. The standard InChI is InChI=1S/C29H37N5O5S/c1-33(16-18-40(3,35)36)15-7-8-17-39-34-20-27-26(19-28(34)37-2)29(31-22-30-27)32-24-11-13-25(14-12-24)38-21-23-9-5-4-6-10-23/h4-6,9-14,19-20,22,28H,7-8,15-18,21H2,1-3H3,(H,30,31,32). The lowest BCUT2D eigenvalue weighted by Crippen LogP contribution is -2.45. The number of hydroxylamine groups is 2. The Labute approximate surface area is 235 Å². The van der Waals surface area contributed by atoms with E-state index in [0.29, 0.717) is 30.9 Å². The van der Waals surface area contributed by atoms with E-state index in [9.17, 15) is 8.42 Å². The summed E-state index contributed by atoms with van der Waals surface area (Å²) in [5.74, 6) is 1.62. The van der Waals surface area contributed by atoms with Crippen LogP contribution < -0.4 is 20.6 Å². The van der Waals surface area contributed by atoms with Gasteiger partial charge in [0.1, 0.15) is 34.3 Å². The molecule has 0 aliphatic carbocycles. The predicted molar refractivity (Wildman–Crippen MR) is 156 cm³/mol. The van der Waals surface area contributed by atoms with Crippen LogP contribution in [0.1, 0.15) is 18.4 Å². The first-order valence-corrected chi connectivity index (χ1v) is 15.3. The summed E-state index contributed by atoms with van der Waals surface area (Å²) in [5.41, 5.74) is 1.99. The van der Waals surface area contributed by atoms with Gasteiger partial charge in [-0.2, -0.15) is 0 Å². The van der Waals surface area contributed by atoms with Crippen LogP contribution in [-0.2, 0) is 26.0 Å². The van der Waals surface area contributed by atoms with Crippen LogP contribution in [-0.4, -0.2) is 80.4 Å². The monoisotopic (exact) mass is 567 g/mol. The lowest BCUT2D eigenvalue weighted by atomic mass is 10.2. The van der Waals surface area contributed by atoms with Gasteiger partial charge in [0.25, 0.3) is 0 Å². The van der Waals surface area contributed by atoms with E-state index in [-0.39, 0.29) is 5.75 Å². The highest BCUT2D eigenvalue weighted by Gasteiger charge is 2.19. The molecule has 1 unspecified atom stereocenters. The molecule has 1 aliphatic heterocycles. The van der Waals surface area contributed by atoms with Crippen LogP contribution >= 0.6 is 0 Å². The van der Waals surface area contributed by atoms with Crippen molar-refractivity contribution in [3.63, 3.8) is 0 Å². The van der Waals surface area contributed by atoms with E-state index in [1.165, 1.54) is 12.6 Å². The first-order valence-electron chi connectivity index (χ1n) is 13.2. The SMILES string of the molecule is COC1C=c2c(Nc3ccc(OCc4ccccc4)cc3)ncnc2=CN1OCCCCN(C)CCS(C)(=O)=O. The van der Waals surface area contributed by atoms with Gasteiger partial charge in [-0.1, -0.05) is 30.3 Å². The second-order valence-corrected chi connectivity index (χ2v) is 12.0. The van der Waals surface area contributed by atoms with Crippen molar-refractivity contribution in [3.8, 4) is 5.75 Å². The first kappa shape index (κ1) is 29.5. The fourth-order valence-corrected chi connectivity index (χ4v) is 4.71. The quantitative estimate of drug-likeness (QED) is 0.275. The molecular weight excluding hydrogens is 530 g/mol. The van der Waals surface area contributed by atoms with E-state index in [1.807, 2.05) is 78.8 Å². The van der Waals surface area contributed by atoms with Crippen LogP contribution in [0.25, 0.3) is 12.3 Å². The molecular formula is C29H37N5O5S. The third-order valence-corrected chi connectivity index (χ3v) is 7.27. The average molecular weight is 568 g/mol. The largest absolute Gasteiger partial charge is 0.489 e.